The lowest BCUT2D eigenvalue weighted by Crippen LogP contribution is -2.63. The molecule has 2 heterocycles. The summed E-state index contributed by atoms with van der Waals surface area (Å²) < 4.78 is 20.7. The summed E-state index contributed by atoms with van der Waals surface area (Å²) >= 11 is 0. The molecule has 10 heteroatoms. The monoisotopic (exact) mass is 416 g/mol. The molecule has 0 spiro atoms. The van der Waals surface area contributed by atoms with Crippen LogP contribution in [0.15, 0.2) is 0 Å². The van der Waals surface area contributed by atoms with E-state index in [2.05, 4.69) is 0 Å². The van der Waals surface area contributed by atoms with Crippen molar-refractivity contribution in [2.45, 2.75) is 88.8 Å². The summed E-state index contributed by atoms with van der Waals surface area (Å²) in [5.41, 5.74) is 0. The van der Waals surface area contributed by atoms with Crippen LogP contribution in [0.25, 0.3) is 0 Å². The lowest BCUT2D eigenvalue weighted by Gasteiger charge is -2.41. The molecule has 10 nitrogen and oxygen atoms in total. The van der Waals surface area contributed by atoms with Crippen molar-refractivity contribution in [2.24, 2.45) is 0 Å². The fourth-order valence-corrected chi connectivity index (χ4v) is 3.19. The maximum Gasteiger partial charge on any atom is 0.456 e. The molecule has 2 rings (SSSR count). The lowest BCUT2D eigenvalue weighted by atomic mass is 10.0. The van der Waals surface area contributed by atoms with Gasteiger partial charge in [-0.15, -0.1) is 0 Å². The Morgan fingerprint density at radius 1 is 0.655 bits per heavy atom. The van der Waals surface area contributed by atoms with Crippen LogP contribution in [0.2, 0.25) is 0 Å². The first-order chi connectivity index (χ1) is 13.8. The van der Waals surface area contributed by atoms with E-state index in [0.29, 0.717) is 38.5 Å². The molecule has 2 N–H and O–H groups in total. The number of aliphatic hydroxyl groups excluding tert-OH is 1. The Balaban J connectivity index is 2.44. The third-order valence-corrected chi connectivity index (χ3v) is 4.73. The van der Waals surface area contributed by atoms with E-state index in [4.69, 9.17) is 24.1 Å². The molecule has 0 amide bonds. The number of aliphatic hydroxyl groups is 2. The number of cyclic esters (lactones) is 4. The molecule has 2 aliphatic heterocycles. The Kier molecular flexibility index (Phi) is 8.39. The zero-order valence-corrected chi connectivity index (χ0v) is 16.4. The van der Waals surface area contributed by atoms with Gasteiger partial charge in [-0.25, -0.2) is 0 Å². The molecular formula is C19H28O10. The van der Waals surface area contributed by atoms with Crippen molar-refractivity contribution >= 4 is 23.9 Å². The normalized spacial score (nSPS) is 23.0. The Hall–Kier alpha value is -2.20. The van der Waals surface area contributed by atoms with E-state index < -0.39 is 35.6 Å². The van der Waals surface area contributed by atoms with Gasteiger partial charge in [0.25, 0.3) is 0 Å². The highest BCUT2D eigenvalue weighted by molar-refractivity contribution is 5.75. The minimum Gasteiger partial charge on any atom is -0.412 e. The van der Waals surface area contributed by atoms with Gasteiger partial charge in [-0.1, -0.05) is 6.42 Å². The highest BCUT2D eigenvalue weighted by Crippen LogP contribution is 2.39. The largest absolute Gasteiger partial charge is 0.456 e. The van der Waals surface area contributed by atoms with Gasteiger partial charge >= 0.3 is 35.6 Å². The van der Waals surface area contributed by atoms with Gasteiger partial charge in [0.1, 0.15) is 0 Å². The molecule has 2 aliphatic rings. The van der Waals surface area contributed by atoms with E-state index in [-0.39, 0.29) is 45.1 Å². The van der Waals surface area contributed by atoms with Gasteiger partial charge in [-0.3, -0.25) is 19.2 Å². The number of esters is 4. The highest BCUT2D eigenvalue weighted by Gasteiger charge is 2.65. The van der Waals surface area contributed by atoms with Crippen LogP contribution in [-0.4, -0.2) is 52.5 Å². The maximum absolute atomic E-state index is 12.3. The van der Waals surface area contributed by atoms with Gasteiger partial charge in [0.2, 0.25) is 0 Å². The molecule has 0 bridgehead atoms. The van der Waals surface area contributed by atoms with Crippen molar-refractivity contribution in [3.05, 3.63) is 0 Å². The first kappa shape index (κ1) is 23.1. The van der Waals surface area contributed by atoms with E-state index in [1.165, 1.54) is 0 Å². The van der Waals surface area contributed by atoms with Gasteiger partial charge in [0.15, 0.2) is 0 Å². The van der Waals surface area contributed by atoms with Crippen molar-refractivity contribution in [3.8, 4) is 0 Å². The topological polar surface area (TPSA) is 146 Å². The third-order valence-electron chi connectivity index (χ3n) is 4.73. The van der Waals surface area contributed by atoms with E-state index in [1.807, 2.05) is 0 Å². The Bertz CT molecular complexity index is 574. The molecule has 0 aromatic rings. The lowest BCUT2D eigenvalue weighted by molar-refractivity contribution is -0.443. The molecule has 0 aromatic carbocycles. The summed E-state index contributed by atoms with van der Waals surface area (Å²) in [6.45, 7) is -0.0825. The fraction of sp³-hybridized carbons (Fsp3) is 0.789. The summed E-state index contributed by atoms with van der Waals surface area (Å²) in [6, 6.07) is 0. The van der Waals surface area contributed by atoms with E-state index in [0.717, 1.165) is 0 Å². The average molecular weight is 416 g/mol. The Labute approximate surface area is 168 Å². The van der Waals surface area contributed by atoms with Gasteiger partial charge in [-0.05, 0) is 38.5 Å². The number of hydrogen-bond acceptors (Lipinski definition) is 10. The van der Waals surface area contributed by atoms with Crippen LogP contribution in [-0.2, 0) is 38.1 Å². The van der Waals surface area contributed by atoms with Crippen molar-refractivity contribution < 1.29 is 48.3 Å². The molecule has 0 atom stereocenters. The van der Waals surface area contributed by atoms with Crippen LogP contribution in [0.4, 0.5) is 0 Å². The molecule has 0 radical (unpaired) electrons. The van der Waals surface area contributed by atoms with Gasteiger partial charge in [-0.2, -0.15) is 0 Å². The molecule has 2 saturated heterocycles. The number of hydrogen-bond donors (Lipinski definition) is 2. The zero-order chi connectivity index (χ0) is 21.3. The number of ether oxygens (including phenoxy) is 4. The predicted octanol–water partition coefficient (Wildman–Crippen LogP) is 1.20. The highest BCUT2D eigenvalue weighted by atomic mass is 16.9. The standard InChI is InChI=1S/C19H28O10/c20-13-7-1-6-12-18(26-14(21)8-2-3-9-15(22)27-18)19(25)28-16(23)10-4-5-11-17(24)29-19/h20,25H,1-13H2. The second-order valence-corrected chi connectivity index (χ2v) is 7.18. The second-order valence-electron chi connectivity index (χ2n) is 7.18. The Morgan fingerprint density at radius 2 is 1.07 bits per heavy atom. The van der Waals surface area contributed by atoms with Crippen LogP contribution in [0.3, 0.4) is 0 Å². The van der Waals surface area contributed by atoms with Crippen LogP contribution in [0.5, 0.6) is 0 Å². The van der Waals surface area contributed by atoms with Crippen molar-refractivity contribution in [1.82, 2.24) is 0 Å². The van der Waals surface area contributed by atoms with Crippen molar-refractivity contribution in [2.75, 3.05) is 6.61 Å². The summed E-state index contributed by atoms with van der Waals surface area (Å²) in [5, 5.41) is 20.1. The van der Waals surface area contributed by atoms with Crippen LogP contribution in [0, 0.1) is 0 Å². The van der Waals surface area contributed by atoms with E-state index >= 15 is 0 Å². The quantitative estimate of drug-likeness (QED) is 0.478. The van der Waals surface area contributed by atoms with Crippen molar-refractivity contribution in [1.29, 1.82) is 0 Å². The van der Waals surface area contributed by atoms with E-state index in [1.54, 1.807) is 0 Å². The predicted molar refractivity (Wildman–Crippen MR) is 94.5 cm³/mol. The molecule has 0 aromatic heterocycles. The average Bonchev–Trinajstić information content (AvgIpc) is 2.76. The third kappa shape index (κ3) is 6.40. The minimum atomic E-state index is -3.11. The number of unbranched alkanes of at least 4 members (excludes halogenated alkanes) is 2. The van der Waals surface area contributed by atoms with Gasteiger partial charge in [0, 0.05) is 38.7 Å². The summed E-state index contributed by atoms with van der Waals surface area (Å²) in [5.74, 6) is -8.99. The number of carbonyl (C=O) groups is 4. The molecule has 164 valence electrons. The minimum absolute atomic E-state index is 0.0486. The van der Waals surface area contributed by atoms with Crippen LogP contribution in [0.1, 0.15) is 77.0 Å². The molecular weight excluding hydrogens is 388 g/mol. The molecule has 0 saturated carbocycles. The first-order valence-electron chi connectivity index (χ1n) is 10.0. The van der Waals surface area contributed by atoms with Crippen LogP contribution < -0.4 is 0 Å². The fourth-order valence-electron chi connectivity index (χ4n) is 3.19. The summed E-state index contributed by atoms with van der Waals surface area (Å²) in [4.78, 5) is 49.0. The van der Waals surface area contributed by atoms with Gasteiger partial charge in [0.05, 0.1) is 0 Å². The first-order valence-corrected chi connectivity index (χ1v) is 10.0. The molecule has 0 unspecified atom stereocenters. The zero-order valence-electron chi connectivity index (χ0n) is 16.4. The summed E-state index contributed by atoms with van der Waals surface area (Å²) in [6.07, 6.45) is 1.91. The molecule has 0 aliphatic carbocycles. The maximum atomic E-state index is 12.3. The van der Waals surface area contributed by atoms with Crippen LogP contribution >= 0.6 is 0 Å². The summed E-state index contributed by atoms with van der Waals surface area (Å²) in [7, 11) is 0. The molecule has 29 heavy (non-hydrogen) atoms. The van der Waals surface area contributed by atoms with E-state index in [9.17, 15) is 24.3 Å². The number of carbonyl (C=O) groups excluding carboxylic acids is 4. The van der Waals surface area contributed by atoms with Crippen molar-refractivity contribution in [3.63, 3.8) is 0 Å². The number of rotatable bonds is 6. The molecule has 2 fully saturated rings. The second kappa shape index (κ2) is 10.5. The Morgan fingerprint density at radius 3 is 1.48 bits per heavy atom. The van der Waals surface area contributed by atoms with Gasteiger partial charge < -0.3 is 29.2 Å². The SMILES string of the molecule is O=C1CCCCC(=O)OC(O)(C2(CCCCCO)OC(=O)CCCCC(=O)O2)O1. The smallest absolute Gasteiger partial charge is 0.412 e.